The lowest BCUT2D eigenvalue weighted by Crippen LogP contribution is -2.30. The molecule has 2 saturated heterocycles. The zero-order valence-corrected chi connectivity index (χ0v) is 18.3. The number of nitrogens with zero attached hydrogens (tertiary/aromatic N) is 1. The maximum atomic E-state index is 11.8. The summed E-state index contributed by atoms with van der Waals surface area (Å²) in [5, 5.41) is 3.01. The van der Waals surface area contributed by atoms with Gasteiger partial charge >= 0.3 is 6.09 Å². The number of ether oxygens (including phenoxy) is 2. The first kappa shape index (κ1) is 20.7. The van der Waals surface area contributed by atoms with Gasteiger partial charge in [-0.15, -0.1) is 0 Å². The summed E-state index contributed by atoms with van der Waals surface area (Å²) in [6.45, 7) is 0.400. The van der Waals surface area contributed by atoms with Crippen molar-refractivity contribution < 1.29 is 19.1 Å². The first-order valence-electron chi connectivity index (χ1n) is 9.10. The monoisotopic (exact) mass is 460 g/mol. The summed E-state index contributed by atoms with van der Waals surface area (Å²) in [5.41, 5.74) is 1.86. The molecule has 2 aliphatic heterocycles. The van der Waals surface area contributed by atoms with Crippen molar-refractivity contribution in [3.05, 3.63) is 63.5 Å². The van der Waals surface area contributed by atoms with E-state index >= 15 is 0 Å². The highest BCUT2D eigenvalue weighted by molar-refractivity contribution is 8.26. The van der Waals surface area contributed by atoms with Crippen molar-refractivity contribution in [3.63, 3.8) is 0 Å². The minimum atomic E-state index is -0.288. The molecular formula is C21H17ClN2O4S2. The molecule has 0 aromatic heterocycles. The third-order valence-electron chi connectivity index (χ3n) is 4.75. The highest BCUT2D eigenvalue weighted by atomic mass is 35.5. The molecule has 0 radical (unpaired) electrons. The number of thiocarbonyl (C=S) groups is 1. The molecule has 2 aliphatic rings. The van der Waals surface area contributed by atoms with Crippen molar-refractivity contribution in [2.24, 2.45) is 0 Å². The fraction of sp³-hybridized carbons (Fsp3) is 0.190. The minimum Gasteiger partial charge on any atom is -0.456 e. The molecule has 9 heteroatoms. The second kappa shape index (κ2) is 8.67. The first-order valence-corrected chi connectivity index (χ1v) is 10.7. The van der Waals surface area contributed by atoms with Gasteiger partial charge in [0.15, 0.2) is 0 Å². The number of halogens is 1. The van der Waals surface area contributed by atoms with Crippen LogP contribution in [0, 0.1) is 0 Å². The quantitative estimate of drug-likeness (QED) is 0.519. The van der Waals surface area contributed by atoms with Gasteiger partial charge in [0, 0.05) is 7.05 Å². The highest BCUT2D eigenvalue weighted by Gasteiger charge is 2.29. The Morgan fingerprint density at radius 2 is 2.07 bits per heavy atom. The van der Waals surface area contributed by atoms with Gasteiger partial charge in [0.1, 0.15) is 22.4 Å². The van der Waals surface area contributed by atoms with E-state index in [1.54, 1.807) is 30.2 Å². The van der Waals surface area contributed by atoms with Crippen LogP contribution in [-0.4, -0.2) is 40.9 Å². The van der Waals surface area contributed by atoms with Gasteiger partial charge in [0.25, 0.3) is 5.91 Å². The lowest BCUT2D eigenvalue weighted by atomic mass is 10.1. The Morgan fingerprint density at radius 3 is 2.67 bits per heavy atom. The molecule has 154 valence electrons. The number of hydrogen-bond acceptors (Lipinski definition) is 6. The molecule has 2 heterocycles. The molecule has 2 amide bonds. The maximum absolute atomic E-state index is 11.8. The fourth-order valence-corrected chi connectivity index (χ4v) is 4.35. The number of cyclic esters (lactones) is 1. The van der Waals surface area contributed by atoms with Crippen molar-refractivity contribution in [2.75, 3.05) is 13.7 Å². The molecule has 2 fully saturated rings. The molecule has 30 heavy (non-hydrogen) atoms. The standard InChI is InChI=1S/C21H17ClN2O4S2/c1-24-14(11-27-21(24)26)8-12-2-5-15(6-3-12)28-17-7-4-13(9-16(17)22)10-18-19(25)23-20(29)30-18/h2-7,9-10,14H,8,11H2,1H3,(H,23,25,29)/b18-10-. The van der Waals surface area contributed by atoms with Crippen molar-refractivity contribution in [3.8, 4) is 11.5 Å². The molecule has 4 rings (SSSR count). The highest BCUT2D eigenvalue weighted by Crippen LogP contribution is 2.32. The van der Waals surface area contributed by atoms with Crippen LogP contribution < -0.4 is 10.1 Å². The number of likely N-dealkylation sites (N-methyl/N-ethyl adjacent to an activating group) is 1. The number of carbonyl (C=O) groups is 2. The van der Waals surface area contributed by atoms with Crippen LogP contribution >= 0.6 is 35.6 Å². The topological polar surface area (TPSA) is 67.9 Å². The van der Waals surface area contributed by atoms with Gasteiger partial charge in [0.2, 0.25) is 0 Å². The Balaban J connectivity index is 1.42. The largest absolute Gasteiger partial charge is 0.456 e. The van der Waals surface area contributed by atoms with Gasteiger partial charge in [-0.1, -0.05) is 53.8 Å². The van der Waals surface area contributed by atoms with Gasteiger partial charge in [0.05, 0.1) is 16.0 Å². The smallest absolute Gasteiger partial charge is 0.409 e. The fourth-order valence-electron chi connectivity index (χ4n) is 3.08. The van der Waals surface area contributed by atoms with E-state index < -0.39 is 0 Å². The van der Waals surface area contributed by atoms with E-state index in [9.17, 15) is 9.59 Å². The second-order valence-corrected chi connectivity index (χ2v) is 8.96. The molecule has 0 aliphatic carbocycles. The number of benzene rings is 2. The molecule has 6 nitrogen and oxygen atoms in total. The van der Waals surface area contributed by atoms with Crippen LogP contribution in [0.15, 0.2) is 47.4 Å². The van der Waals surface area contributed by atoms with Crippen molar-refractivity contribution in [2.45, 2.75) is 12.5 Å². The molecule has 0 saturated carbocycles. The predicted octanol–water partition coefficient (Wildman–Crippen LogP) is 4.61. The number of carbonyl (C=O) groups excluding carboxylic acids is 2. The zero-order chi connectivity index (χ0) is 21.3. The summed E-state index contributed by atoms with van der Waals surface area (Å²) < 4.78 is 11.4. The molecular weight excluding hydrogens is 444 g/mol. The van der Waals surface area contributed by atoms with E-state index in [-0.39, 0.29) is 18.0 Å². The number of rotatable bonds is 5. The summed E-state index contributed by atoms with van der Waals surface area (Å²) in [5.74, 6) is 0.955. The van der Waals surface area contributed by atoms with E-state index in [1.165, 1.54) is 11.8 Å². The Labute approximate surface area is 188 Å². The molecule has 2 aromatic carbocycles. The second-order valence-electron chi connectivity index (χ2n) is 6.83. The maximum Gasteiger partial charge on any atom is 0.409 e. The van der Waals surface area contributed by atoms with Crippen LogP contribution in [0.1, 0.15) is 11.1 Å². The zero-order valence-electron chi connectivity index (χ0n) is 15.9. The third kappa shape index (κ3) is 4.61. The van der Waals surface area contributed by atoms with Crippen LogP contribution in [0.3, 0.4) is 0 Å². The van der Waals surface area contributed by atoms with Crippen molar-refractivity contribution >= 4 is 58.0 Å². The Hall–Kier alpha value is -2.55. The van der Waals surface area contributed by atoms with Crippen LogP contribution in [0.4, 0.5) is 4.79 Å². The number of hydrogen-bond donors (Lipinski definition) is 1. The van der Waals surface area contributed by atoms with E-state index in [0.29, 0.717) is 38.8 Å². The SMILES string of the molecule is CN1C(=O)OCC1Cc1ccc(Oc2ccc(/C=C3\SC(=S)NC3=O)cc2Cl)cc1. The van der Waals surface area contributed by atoms with Crippen LogP contribution in [-0.2, 0) is 16.0 Å². The third-order valence-corrected chi connectivity index (χ3v) is 6.21. The molecule has 1 N–H and O–H groups in total. The normalized spacial score (nSPS) is 19.9. The number of amides is 2. The van der Waals surface area contributed by atoms with Crippen LogP contribution in [0.5, 0.6) is 11.5 Å². The summed E-state index contributed by atoms with van der Waals surface area (Å²) in [7, 11) is 1.74. The lowest BCUT2D eigenvalue weighted by Gasteiger charge is -2.16. The summed E-state index contributed by atoms with van der Waals surface area (Å²) in [4.78, 5) is 25.4. The van der Waals surface area contributed by atoms with Crippen LogP contribution in [0.2, 0.25) is 5.02 Å². The average molecular weight is 461 g/mol. The van der Waals surface area contributed by atoms with E-state index in [4.69, 9.17) is 33.3 Å². The molecule has 2 aromatic rings. The number of nitrogens with one attached hydrogen (secondary N) is 1. The molecule has 1 unspecified atom stereocenters. The van der Waals surface area contributed by atoms with E-state index in [2.05, 4.69) is 5.32 Å². The van der Waals surface area contributed by atoms with Gasteiger partial charge in [-0.2, -0.15) is 0 Å². The Kier molecular flexibility index (Phi) is 5.99. The summed E-state index contributed by atoms with van der Waals surface area (Å²) in [6.07, 6.45) is 2.16. The lowest BCUT2D eigenvalue weighted by molar-refractivity contribution is -0.115. The first-order chi connectivity index (χ1) is 14.4. The van der Waals surface area contributed by atoms with Crippen LogP contribution in [0.25, 0.3) is 6.08 Å². The molecule has 0 bridgehead atoms. The number of thioether (sulfide) groups is 1. The van der Waals surface area contributed by atoms with Gasteiger partial charge in [-0.25, -0.2) is 4.79 Å². The Bertz CT molecular complexity index is 1060. The summed E-state index contributed by atoms with van der Waals surface area (Å²) in [6, 6.07) is 13.0. The minimum absolute atomic E-state index is 0.0369. The molecule has 1 atom stereocenters. The predicted molar refractivity (Wildman–Crippen MR) is 121 cm³/mol. The van der Waals surface area contributed by atoms with Gasteiger partial charge in [-0.3, -0.25) is 4.79 Å². The van der Waals surface area contributed by atoms with Gasteiger partial charge < -0.3 is 19.7 Å². The van der Waals surface area contributed by atoms with Crippen molar-refractivity contribution in [1.82, 2.24) is 10.2 Å². The molecule has 0 spiro atoms. The summed E-state index contributed by atoms with van der Waals surface area (Å²) >= 11 is 12.6. The average Bonchev–Trinajstić information content (AvgIpc) is 3.20. The Morgan fingerprint density at radius 1 is 1.30 bits per heavy atom. The van der Waals surface area contributed by atoms with E-state index in [1.807, 2.05) is 30.3 Å². The van der Waals surface area contributed by atoms with Gasteiger partial charge in [-0.05, 0) is 47.9 Å². The van der Waals surface area contributed by atoms with E-state index in [0.717, 1.165) is 11.1 Å². The van der Waals surface area contributed by atoms with Crippen molar-refractivity contribution in [1.29, 1.82) is 0 Å².